The van der Waals surface area contributed by atoms with E-state index >= 15 is 0 Å². The molecule has 0 unspecified atom stereocenters. The lowest BCUT2D eigenvalue weighted by molar-refractivity contribution is -0.116. The van der Waals surface area contributed by atoms with Gasteiger partial charge in [-0.3, -0.25) is 9.48 Å². The van der Waals surface area contributed by atoms with Crippen molar-refractivity contribution in [1.29, 1.82) is 0 Å². The van der Waals surface area contributed by atoms with Crippen LogP contribution in [0, 0.1) is 13.8 Å². The van der Waals surface area contributed by atoms with Crippen molar-refractivity contribution in [1.82, 2.24) is 15.1 Å². The Bertz CT molecular complexity index is 750. The molecule has 0 saturated heterocycles. The molecule has 1 aromatic carbocycles. The zero-order valence-electron chi connectivity index (χ0n) is 13.2. The molecule has 23 heavy (non-hydrogen) atoms. The highest BCUT2D eigenvalue weighted by atomic mass is 16.7. The molecule has 0 atom stereocenters. The molecule has 0 aliphatic carbocycles. The number of ether oxygens (including phenoxy) is 2. The van der Waals surface area contributed by atoms with E-state index in [0.29, 0.717) is 18.8 Å². The monoisotopic (exact) mass is 313 g/mol. The average Bonchev–Trinajstić information content (AvgIpc) is 3.11. The van der Waals surface area contributed by atoms with E-state index in [1.165, 1.54) is 6.08 Å². The molecule has 1 aliphatic rings. The first-order valence-corrected chi connectivity index (χ1v) is 7.48. The van der Waals surface area contributed by atoms with Gasteiger partial charge < -0.3 is 14.8 Å². The van der Waals surface area contributed by atoms with Gasteiger partial charge in [0.05, 0.1) is 12.2 Å². The first-order chi connectivity index (χ1) is 11.1. The van der Waals surface area contributed by atoms with Crippen molar-refractivity contribution in [2.45, 2.75) is 20.4 Å². The van der Waals surface area contributed by atoms with Crippen LogP contribution >= 0.6 is 0 Å². The Morgan fingerprint density at radius 2 is 2.13 bits per heavy atom. The third-order valence-electron chi connectivity index (χ3n) is 3.55. The maximum atomic E-state index is 11.8. The number of benzene rings is 1. The first-order valence-electron chi connectivity index (χ1n) is 7.48. The van der Waals surface area contributed by atoms with Crippen molar-refractivity contribution in [2.75, 3.05) is 13.3 Å². The van der Waals surface area contributed by atoms with Crippen LogP contribution in [0.2, 0.25) is 0 Å². The zero-order valence-corrected chi connectivity index (χ0v) is 13.2. The van der Waals surface area contributed by atoms with Crippen molar-refractivity contribution in [3.63, 3.8) is 0 Å². The SMILES string of the molecule is Cc1cc(C)n(CCNC(=O)C=Cc2ccc3c(c2)OCO3)n1. The summed E-state index contributed by atoms with van der Waals surface area (Å²) in [5.74, 6) is 1.30. The largest absolute Gasteiger partial charge is 0.454 e. The van der Waals surface area contributed by atoms with Gasteiger partial charge in [0.25, 0.3) is 0 Å². The molecule has 0 saturated carbocycles. The minimum atomic E-state index is -0.135. The number of nitrogens with zero attached hydrogens (tertiary/aromatic N) is 2. The fourth-order valence-corrected chi connectivity index (χ4v) is 2.43. The van der Waals surface area contributed by atoms with Gasteiger partial charge in [-0.1, -0.05) is 6.07 Å². The lowest BCUT2D eigenvalue weighted by Gasteiger charge is -2.05. The van der Waals surface area contributed by atoms with Gasteiger partial charge in [0.15, 0.2) is 11.5 Å². The summed E-state index contributed by atoms with van der Waals surface area (Å²) in [5.41, 5.74) is 2.96. The molecule has 1 aliphatic heterocycles. The summed E-state index contributed by atoms with van der Waals surface area (Å²) >= 11 is 0. The van der Waals surface area contributed by atoms with E-state index in [9.17, 15) is 4.79 Å². The summed E-state index contributed by atoms with van der Waals surface area (Å²) in [7, 11) is 0. The lowest BCUT2D eigenvalue weighted by Crippen LogP contribution is -2.26. The van der Waals surface area contributed by atoms with Crippen molar-refractivity contribution >= 4 is 12.0 Å². The standard InChI is InChI=1S/C17H19N3O3/c1-12-9-13(2)20(19-12)8-7-18-17(21)6-4-14-3-5-15-16(10-14)23-11-22-15/h3-6,9-10H,7-8,11H2,1-2H3,(H,18,21). The molecule has 1 aromatic heterocycles. The number of aryl methyl sites for hydroxylation is 2. The predicted octanol–water partition coefficient (Wildman–Crippen LogP) is 2.06. The molecule has 2 heterocycles. The molecular weight excluding hydrogens is 294 g/mol. The Morgan fingerprint density at radius 3 is 2.91 bits per heavy atom. The molecule has 0 radical (unpaired) electrons. The molecule has 0 spiro atoms. The van der Waals surface area contributed by atoms with Gasteiger partial charge >= 0.3 is 0 Å². The number of amides is 1. The van der Waals surface area contributed by atoms with Crippen LogP contribution in [0.25, 0.3) is 6.08 Å². The van der Waals surface area contributed by atoms with E-state index in [2.05, 4.69) is 10.4 Å². The Kier molecular flexibility index (Phi) is 4.32. The second-order valence-corrected chi connectivity index (χ2v) is 5.39. The van der Waals surface area contributed by atoms with Crippen molar-refractivity contribution < 1.29 is 14.3 Å². The van der Waals surface area contributed by atoms with Crippen LogP contribution in [0.5, 0.6) is 11.5 Å². The number of rotatable bonds is 5. The molecule has 3 rings (SSSR count). The van der Waals surface area contributed by atoms with Gasteiger partial charge in [0.1, 0.15) is 0 Å². The molecule has 120 valence electrons. The molecule has 1 N–H and O–H groups in total. The van der Waals surface area contributed by atoms with Crippen LogP contribution in [-0.2, 0) is 11.3 Å². The normalized spacial score (nSPS) is 12.8. The van der Waals surface area contributed by atoms with Gasteiger partial charge in [-0.2, -0.15) is 5.10 Å². The average molecular weight is 313 g/mol. The Labute approximate surface area is 134 Å². The highest BCUT2D eigenvalue weighted by Gasteiger charge is 2.12. The van der Waals surface area contributed by atoms with Crippen molar-refractivity contribution in [2.24, 2.45) is 0 Å². The van der Waals surface area contributed by atoms with E-state index in [1.807, 2.05) is 42.8 Å². The van der Waals surface area contributed by atoms with E-state index in [-0.39, 0.29) is 12.7 Å². The van der Waals surface area contributed by atoms with Crippen LogP contribution < -0.4 is 14.8 Å². The van der Waals surface area contributed by atoms with Gasteiger partial charge in [-0.15, -0.1) is 0 Å². The third kappa shape index (κ3) is 3.71. The lowest BCUT2D eigenvalue weighted by atomic mass is 10.2. The quantitative estimate of drug-likeness (QED) is 0.858. The van der Waals surface area contributed by atoms with E-state index in [4.69, 9.17) is 9.47 Å². The number of carbonyl (C=O) groups excluding carboxylic acids is 1. The Balaban J connectivity index is 1.50. The smallest absolute Gasteiger partial charge is 0.244 e. The first kappa shape index (κ1) is 15.1. The molecule has 0 bridgehead atoms. The maximum absolute atomic E-state index is 11.8. The van der Waals surface area contributed by atoms with Crippen LogP contribution in [0.15, 0.2) is 30.3 Å². The Morgan fingerprint density at radius 1 is 1.30 bits per heavy atom. The molecular formula is C17H19N3O3. The maximum Gasteiger partial charge on any atom is 0.244 e. The molecule has 6 heteroatoms. The van der Waals surface area contributed by atoms with Gasteiger partial charge in [0, 0.05) is 18.3 Å². The number of carbonyl (C=O) groups is 1. The topological polar surface area (TPSA) is 65.4 Å². The van der Waals surface area contributed by atoms with Gasteiger partial charge in [-0.05, 0) is 43.7 Å². The number of hydrogen-bond donors (Lipinski definition) is 1. The van der Waals surface area contributed by atoms with E-state index in [0.717, 1.165) is 22.7 Å². The van der Waals surface area contributed by atoms with Crippen LogP contribution in [0.1, 0.15) is 17.0 Å². The second-order valence-electron chi connectivity index (χ2n) is 5.39. The molecule has 1 amide bonds. The van der Waals surface area contributed by atoms with E-state index < -0.39 is 0 Å². The number of aromatic nitrogens is 2. The fourth-order valence-electron chi connectivity index (χ4n) is 2.43. The summed E-state index contributed by atoms with van der Waals surface area (Å²) in [6, 6.07) is 7.58. The van der Waals surface area contributed by atoms with Gasteiger partial charge in [0.2, 0.25) is 12.7 Å². The Hall–Kier alpha value is -2.76. The minimum absolute atomic E-state index is 0.135. The summed E-state index contributed by atoms with van der Waals surface area (Å²) in [6.45, 7) is 5.39. The van der Waals surface area contributed by atoms with Gasteiger partial charge in [-0.25, -0.2) is 0 Å². The van der Waals surface area contributed by atoms with Crippen LogP contribution in [-0.4, -0.2) is 29.0 Å². The number of nitrogens with one attached hydrogen (secondary N) is 1. The fraction of sp³-hybridized carbons (Fsp3) is 0.294. The zero-order chi connectivity index (χ0) is 16.2. The van der Waals surface area contributed by atoms with E-state index in [1.54, 1.807) is 6.08 Å². The molecule has 2 aromatic rings. The van der Waals surface area contributed by atoms with Crippen LogP contribution in [0.3, 0.4) is 0 Å². The van der Waals surface area contributed by atoms with Crippen molar-refractivity contribution in [3.8, 4) is 11.5 Å². The minimum Gasteiger partial charge on any atom is -0.454 e. The third-order valence-corrected chi connectivity index (χ3v) is 3.55. The summed E-state index contributed by atoms with van der Waals surface area (Å²) in [4.78, 5) is 11.8. The highest BCUT2D eigenvalue weighted by molar-refractivity contribution is 5.91. The summed E-state index contributed by atoms with van der Waals surface area (Å²) in [6.07, 6.45) is 3.26. The summed E-state index contributed by atoms with van der Waals surface area (Å²) in [5, 5.41) is 7.20. The van der Waals surface area contributed by atoms with Crippen LogP contribution in [0.4, 0.5) is 0 Å². The van der Waals surface area contributed by atoms with Crippen molar-refractivity contribution in [3.05, 3.63) is 47.3 Å². The molecule has 0 fully saturated rings. The predicted molar refractivity (Wildman–Crippen MR) is 86.3 cm³/mol. The number of fused-ring (bicyclic) bond motifs is 1. The highest BCUT2D eigenvalue weighted by Crippen LogP contribution is 2.32. The summed E-state index contributed by atoms with van der Waals surface area (Å²) < 4.78 is 12.4. The second kappa shape index (κ2) is 6.56. The number of hydrogen-bond acceptors (Lipinski definition) is 4. The molecule has 6 nitrogen and oxygen atoms in total.